The quantitative estimate of drug-likeness (QED) is 0.667. The lowest BCUT2D eigenvalue weighted by molar-refractivity contribution is 0.0695. The summed E-state index contributed by atoms with van der Waals surface area (Å²) in [4.78, 5) is 2.44. The average Bonchev–Trinajstić information content (AvgIpc) is 2.84. The van der Waals surface area contributed by atoms with Gasteiger partial charge in [0.05, 0.1) is 12.2 Å². The van der Waals surface area contributed by atoms with Crippen molar-refractivity contribution in [1.82, 2.24) is 4.90 Å². The zero-order valence-corrected chi connectivity index (χ0v) is 9.18. The fourth-order valence-corrected chi connectivity index (χ4v) is 3.89. The molecule has 3 heteroatoms. The highest BCUT2D eigenvalue weighted by molar-refractivity contribution is 4.98. The van der Waals surface area contributed by atoms with E-state index >= 15 is 0 Å². The van der Waals surface area contributed by atoms with Crippen LogP contribution in [0.5, 0.6) is 0 Å². The van der Waals surface area contributed by atoms with Gasteiger partial charge >= 0.3 is 0 Å². The van der Waals surface area contributed by atoms with Gasteiger partial charge in [-0.25, -0.2) is 0 Å². The lowest BCUT2D eigenvalue weighted by Crippen LogP contribution is -2.39. The summed E-state index contributed by atoms with van der Waals surface area (Å²) in [6, 6.07) is 0.391. The molecular weight excluding hydrogens is 190 g/mol. The van der Waals surface area contributed by atoms with E-state index in [1.807, 2.05) is 0 Å². The van der Waals surface area contributed by atoms with E-state index in [0.717, 1.165) is 32.4 Å². The van der Waals surface area contributed by atoms with E-state index in [2.05, 4.69) is 4.90 Å². The fraction of sp³-hybridized carbons (Fsp3) is 1.00. The number of fused-ring (bicyclic) bond motifs is 1. The Kier molecular flexibility index (Phi) is 2.49. The maximum absolute atomic E-state index is 9.87. The SMILES string of the molecule is OC1CCC2CN(C3CCCC3O)CC12. The van der Waals surface area contributed by atoms with Crippen LogP contribution in [0.1, 0.15) is 32.1 Å². The van der Waals surface area contributed by atoms with Crippen molar-refractivity contribution in [1.29, 1.82) is 0 Å². The molecule has 2 saturated carbocycles. The monoisotopic (exact) mass is 211 g/mol. The van der Waals surface area contributed by atoms with Crippen LogP contribution in [0.3, 0.4) is 0 Å². The molecule has 3 aliphatic rings. The minimum atomic E-state index is -0.110. The van der Waals surface area contributed by atoms with E-state index in [1.165, 1.54) is 12.8 Å². The predicted octanol–water partition coefficient (Wildman–Crippen LogP) is 0.603. The molecule has 0 spiro atoms. The summed E-state index contributed by atoms with van der Waals surface area (Å²) >= 11 is 0. The Hall–Kier alpha value is -0.120. The number of aliphatic hydroxyl groups is 2. The van der Waals surface area contributed by atoms with Crippen LogP contribution in [0.4, 0.5) is 0 Å². The van der Waals surface area contributed by atoms with Gasteiger partial charge in [0, 0.05) is 25.0 Å². The van der Waals surface area contributed by atoms with Crippen LogP contribution in [0, 0.1) is 11.8 Å². The minimum absolute atomic E-state index is 0.0708. The Morgan fingerprint density at radius 3 is 2.40 bits per heavy atom. The summed E-state index contributed by atoms with van der Waals surface area (Å²) in [7, 11) is 0. The van der Waals surface area contributed by atoms with Gasteiger partial charge in [-0.3, -0.25) is 4.90 Å². The van der Waals surface area contributed by atoms with Gasteiger partial charge in [0.15, 0.2) is 0 Å². The van der Waals surface area contributed by atoms with Crippen LogP contribution in [-0.4, -0.2) is 46.5 Å². The molecule has 1 saturated heterocycles. The number of nitrogens with zero attached hydrogens (tertiary/aromatic N) is 1. The molecule has 3 nitrogen and oxygen atoms in total. The first-order chi connectivity index (χ1) is 7.25. The Labute approximate surface area is 91.1 Å². The molecule has 5 unspecified atom stereocenters. The second kappa shape index (κ2) is 3.72. The molecule has 5 atom stereocenters. The van der Waals surface area contributed by atoms with E-state index in [-0.39, 0.29) is 12.2 Å². The number of hydrogen-bond acceptors (Lipinski definition) is 3. The zero-order valence-electron chi connectivity index (χ0n) is 9.18. The molecule has 15 heavy (non-hydrogen) atoms. The molecule has 1 heterocycles. The molecule has 3 rings (SSSR count). The van der Waals surface area contributed by atoms with Crippen molar-refractivity contribution >= 4 is 0 Å². The van der Waals surface area contributed by atoms with Crippen LogP contribution in [0.2, 0.25) is 0 Å². The first kappa shape index (κ1) is 10.1. The van der Waals surface area contributed by atoms with Crippen molar-refractivity contribution in [3.8, 4) is 0 Å². The third kappa shape index (κ3) is 1.61. The van der Waals surface area contributed by atoms with Gasteiger partial charge in [-0.15, -0.1) is 0 Å². The molecule has 3 fully saturated rings. The highest BCUT2D eigenvalue weighted by Crippen LogP contribution is 2.40. The lowest BCUT2D eigenvalue weighted by Gasteiger charge is -2.27. The van der Waals surface area contributed by atoms with Crippen molar-refractivity contribution in [3.63, 3.8) is 0 Å². The second-order valence-electron chi connectivity index (χ2n) is 5.59. The third-order valence-electron chi connectivity index (χ3n) is 4.76. The maximum atomic E-state index is 9.87. The highest BCUT2D eigenvalue weighted by Gasteiger charge is 2.45. The maximum Gasteiger partial charge on any atom is 0.0695 e. The minimum Gasteiger partial charge on any atom is -0.393 e. The van der Waals surface area contributed by atoms with Gasteiger partial charge < -0.3 is 10.2 Å². The molecule has 1 aliphatic heterocycles. The van der Waals surface area contributed by atoms with E-state index in [1.54, 1.807) is 0 Å². The predicted molar refractivity (Wildman–Crippen MR) is 57.4 cm³/mol. The van der Waals surface area contributed by atoms with Gasteiger partial charge in [-0.05, 0) is 38.0 Å². The van der Waals surface area contributed by atoms with Crippen LogP contribution >= 0.6 is 0 Å². The number of rotatable bonds is 1. The zero-order chi connectivity index (χ0) is 10.4. The first-order valence-electron chi connectivity index (χ1n) is 6.36. The van der Waals surface area contributed by atoms with Gasteiger partial charge in [0.1, 0.15) is 0 Å². The van der Waals surface area contributed by atoms with E-state index in [0.29, 0.717) is 17.9 Å². The van der Waals surface area contributed by atoms with E-state index in [4.69, 9.17) is 0 Å². The van der Waals surface area contributed by atoms with Crippen LogP contribution in [0.25, 0.3) is 0 Å². The fourth-order valence-electron chi connectivity index (χ4n) is 3.89. The Morgan fingerprint density at radius 2 is 1.73 bits per heavy atom. The summed E-state index contributed by atoms with van der Waals surface area (Å²) in [6.45, 7) is 2.14. The molecule has 0 aromatic rings. The smallest absolute Gasteiger partial charge is 0.0695 e. The molecule has 0 amide bonds. The summed E-state index contributed by atoms with van der Waals surface area (Å²) in [5, 5.41) is 19.7. The normalized spacial score (nSPS) is 51.2. The Bertz CT molecular complexity index is 246. The van der Waals surface area contributed by atoms with Crippen molar-refractivity contribution < 1.29 is 10.2 Å². The van der Waals surface area contributed by atoms with Crippen LogP contribution < -0.4 is 0 Å². The largest absolute Gasteiger partial charge is 0.393 e. The van der Waals surface area contributed by atoms with E-state index in [9.17, 15) is 10.2 Å². The average molecular weight is 211 g/mol. The summed E-state index contributed by atoms with van der Waals surface area (Å²) in [5.41, 5.74) is 0. The summed E-state index contributed by atoms with van der Waals surface area (Å²) < 4.78 is 0. The van der Waals surface area contributed by atoms with Crippen molar-refractivity contribution in [2.45, 2.75) is 50.4 Å². The first-order valence-corrected chi connectivity index (χ1v) is 6.36. The third-order valence-corrected chi connectivity index (χ3v) is 4.76. The Morgan fingerprint density at radius 1 is 0.867 bits per heavy atom. The molecule has 0 radical (unpaired) electrons. The van der Waals surface area contributed by atoms with Gasteiger partial charge in [0.2, 0.25) is 0 Å². The number of aliphatic hydroxyl groups excluding tert-OH is 2. The molecule has 2 N–H and O–H groups in total. The van der Waals surface area contributed by atoms with Gasteiger partial charge in [-0.1, -0.05) is 0 Å². The van der Waals surface area contributed by atoms with Gasteiger partial charge in [-0.2, -0.15) is 0 Å². The molecule has 0 aromatic carbocycles. The molecular formula is C12H21NO2. The number of likely N-dealkylation sites (tertiary alicyclic amines) is 1. The summed E-state index contributed by atoms with van der Waals surface area (Å²) in [6.07, 6.45) is 5.29. The number of hydrogen-bond donors (Lipinski definition) is 2. The molecule has 0 bridgehead atoms. The summed E-state index contributed by atoms with van der Waals surface area (Å²) in [5.74, 6) is 1.20. The second-order valence-corrected chi connectivity index (χ2v) is 5.59. The lowest BCUT2D eigenvalue weighted by atomic mass is 10.00. The van der Waals surface area contributed by atoms with Gasteiger partial charge in [0.25, 0.3) is 0 Å². The standard InChI is InChI=1S/C12H21NO2/c14-11-5-4-8-6-13(7-9(8)11)10-2-1-3-12(10)15/h8-12,14-15H,1-7H2. The van der Waals surface area contributed by atoms with Crippen LogP contribution in [-0.2, 0) is 0 Å². The van der Waals surface area contributed by atoms with Crippen molar-refractivity contribution in [2.75, 3.05) is 13.1 Å². The highest BCUT2D eigenvalue weighted by atomic mass is 16.3. The molecule has 0 aromatic heterocycles. The Balaban J connectivity index is 1.66. The topological polar surface area (TPSA) is 43.7 Å². The molecule has 86 valence electrons. The van der Waals surface area contributed by atoms with Crippen molar-refractivity contribution in [2.24, 2.45) is 11.8 Å². The molecule has 2 aliphatic carbocycles. The van der Waals surface area contributed by atoms with Crippen LogP contribution in [0.15, 0.2) is 0 Å². The van der Waals surface area contributed by atoms with Crippen molar-refractivity contribution in [3.05, 3.63) is 0 Å². The van der Waals surface area contributed by atoms with E-state index < -0.39 is 0 Å².